The largest absolute Gasteiger partial charge is 0.462 e. The van der Waals surface area contributed by atoms with Crippen LogP contribution in [0.3, 0.4) is 0 Å². The monoisotopic (exact) mass is 959 g/mol. The maximum absolute atomic E-state index is 12.8. The zero-order chi connectivity index (χ0) is 49.3. The third-order valence-corrected chi connectivity index (χ3v) is 14.0. The van der Waals surface area contributed by atoms with E-state index in [0.29, 0.717) is 19.3 Å². The molecule has 402 valence electrons. The van der Waals surface area contributed by atoms with E-state index in [0.717, 1.165) is 64.2 Å². The van der Waals surface area contributed by atoms with E-state index in [9.17, 15) is 14.4 Å². The normalized spacial score (nSPS) is 12.0. The third-order valence-electron chi connectivity index (χ3n) is 14.0. The molecule has 1 atom stereocenters. The summed E-state index contributed by atoms with van der Waals surface area (Å²) in [5.74, 6) is -0.852. The Kier molecular flexibility index (Phi) is 56.2. The fourth-order valence-electron chi connectivity index (χ4n) is 9.38. The molecule has 0 bridgehead atoms. The molecule has 0 spiro atoms. The zero-order valence-corrected chi connectivity index (χ0v) is 46.2. The lowest BCUT2D eigenvalue weighted by Crippen LogP contribution is -2.30. The maximum atomic E-state index is 12.8. The SMILES string of the molecule is CCCCCCCC/C=C\CCCCCCCC(=O)OC(COC(=O)CCCCCCCCCCCCC)COC(=O)CCCCCCCCCCCCCCCCCCCCCCCCCC. The van der Waals surface area contributed by atoms with Crippen LogP contribution in [0.5, 0.6) is 0 Å². The first-order valence-corrected chi connectivity index (χ1v) is 30.7. The number of unbranched alkanes of at least 4 members (excludes halogenated alkanes) is 44. The van der Waals surface area contributed by atoms with Crippen molar-refractivity contribution in [3.63, 3.8) is 0 Å². The van der Waals surface area contributed by atoms with E-state index < -0.39 is 6.10 Å². The van der Waals surface area contributed by atoms with Crippen LogP contribution in [0, 0.1) is 0 Å². The van der Waals surface area contributed by atoms with Gasteiger partial charge < -0.3 is 14.2 Å². The molecule has 0 N–H and O–H groups in total. The molecule has 68 heavy (non-hydrogen) atoms. The molecule has 0 aromatic carbocycles. The van der Waals surface area contributed by atoms with Crippen LogP contribution in [0.1, 0.15) is 348 Å². The first kappa shape index (κ1) is 66.2. The van der Waals surface area contributed by atoms with E-state index in [1.807, 2.05) is 0 Å². The smallest absolute Gasteiger partial charge is 0.306 e. The van der Waals surface area contributed by atoms with Gasteiger partial charge in [-0.25, -0.2) is 0 Å². The summed E-state index contributed by atoms with van der Waals surface area (Å²) in [6.45, 7) is 6.68. The summed E-state index contributed by atoms with van der Waals surface area (Å²) in [4.78, 5) is 38.1. The topological polar surface area (TPSA) is 78.9 Å². The predicted octanol–water partition coefficient (Wildman–Crippen LogP) is 20.5. The van der Waals surface area contributed by atoms with Gasteiger partial charge in [-0.15, -0.1) is 0 Å². The molecule has 0 radical (unpaired) electrons. The van der Waals surface area contributed by atoms with Crippen molar-refractivity contribution in [2.75, 3.05) is 13.2 Å². The molecule has 0 saturated heterocycles. The van der Waals surface area contributed by atoms with Crippen molar-refractivity contribution in [2.24, 2.45) is 0 Å². The van der Waals surface area contributed by atoms with Gasteiger partial charge in [-0.3, -0.25) is 14.4 Å². The van der Waals surface area contributed by atoms with Gasteiger partial charge in [-0.05, 0) is 44.9 Å². The number of rotatable bonds is 57. The summed E-state index contributed by atoms with van der Waals surface area (Å²) in [6, 6.07) is 0. The number of hydrogen-bond donors (Lipinski definition) is 0. The van der Waals surface area contributed by atoms with Crippen molar-refractivity contribution >= 4 is 17.9 Å². The van der Waals surface area contributed by atoms with Gasteiger partial charge in [0.1, 0.15) is 13.2 Å². The summed E-state index contributed by atoms with van der Waals surface area (Å²) in [7, 11) is 0. The lowest BCUT2D eigenvalue weighted by atomic mass is 10.0. The molecule has 0 rings (SSSR count). The van der Waals surface area contributed by atoms with Crippen molar-refractivity contribution in [3.8, 4) is 0 Å². The van der Waals surface area contributed by atoms with E-state index in [1.165, 1.54) is 244 Å². The molecule has 0 aliphatic heterocycles. The molecule has 1 unspecified atom stereocenters. The molecule has 0 heterocycles. The molecule has 0 fully saturated rings. The molecule has 0 aliphatic carbocycles. The van der Waals surface area contributed by atoms with Crippen molar-refractivity contribution in [1.82, 2.24) is 0 Å². The second-order valence-corrected chi connectivity index (χ2v) is 21.0. The summed E-state index contributed by atoms with van der Waals surface area (Å²) < 4.78 is 16.9. The standard InChI is InChI=1S/C62H118O6/c1-4-7-10-13-16-19-22-24-26-27-28-29-30-31-32-33-34-36-37-40-43-46-49-52-55-61(64)67-58-59(57-66-60(63)54-51-48-45-42-39-21-18-15-12-9-6-3)68-62(65)56-53-50-47-44-41-38-35-25-23-20-17-14-11-8-5-2/h25,35,59H,4-24,26-34,36-58H2,1-3H3/b35-25-. The highest BCUT2D eigenvalue weighted by atomic mass is 16.6. The maximum Gasteiger partial charge on any atom is 0.306 e. The lowest BCUT2D eigenvalue weighted by Gasteiger charge is -2.18. The number of hydrogen-bond acceptors (Lipinski definition) is 6. The molecule has 6 heteroatoms. The minimum absolute atomic E-state index is 0.0674. The molecule has 0 saturated carbocycles. The summed E-state index contributed by atoms with van der Waals surface area (Å²) in [5, 5.41) is 0. The Morgan fingerprint density at radius 3 is 0.735 bits per heavy atom. The number of allylic oxidation sites excluding steroid dienone is 2. The molecule has 6 nitrogen and oxygen atoms in total. The van der Waals surface area contributed by atoms with Gasteiger partial charge in [0.15, 0.2) is 6.10 Å². The van der Waals surface area contributed by atoms with E-state index in [-0.39, 0.29) is 31.1 Å². The van der Waals surface area contributed by atoms with Crippen LogP contribution < -0.4 is 0 Å². The van der Waals surface area contributed by atoms with Crippen molar-refractivity contribution in [2.45, 2.75) is 354 Å². The Bertz CT molecular complexity index is 1060. The van der Waals surface area contributed by atoms with E-state index in [4.69, 9.17) is 14.2 Å². The quantitative estimate of drug-likeness (QED) is 0.0262. The fourth-order valence-corrected chi connectivity index (χ4v) is 9.38. The van der Waals surface area contributed by atoms with Gasteiger partial charge in [0.25, 0.3) is 0 Å². The Morgan fingerprint density at radius 2 is 0.485 bits per heavy atom. The first-order valence-electron chi connectivity index (χ1n) is 30.7. The van der Waals surface area contributed by atoms with Crippen LogP contribution in [-0.2, 0) is 28.6 Å². The molecule has 0 amide bonds. The van der Waals surface area contributed by atoms with Gasteiger partial charge in [0.05, 0.1) is 0 Å². The minimum Gasteiger partial charge on any atom is -0.462 e. The number of carbonyl (C=O) groups is 3. The van der Waals surface area contributed by atoms with Crippen LogP contribution in [-0.4, -0.2) is 37.2 Å². The van der Waals surface area contributed by atoms with Gasteiger partial charge in [0, 0.05) is 19.3 Å². The summed E-state index contributed by atoms with van der Waals surface area (Å²) in [5.41, 5.74) is 0. The highest BCUT2D eigenvalue weighted by Gasteiger charge is 2.19. The summed E-state index contributed by atoms with van der Waals surface area (Å²) in [6.07, 6.45) is 66.5. The van der Waals surface area contributed by atoms with Gasteiger partial charge in [0.2, 0.25) is 0 Å². The molecular formula is C62H118O6. The van der Waals surface area contributed by atoms with Crippen LogP contribution in [0.25, 0.3) is 0 Å². The Balaban J connectivity index is 4.18. The Morgan fingerprint density at radius 1 is 0.279 bits per heavy atom. The fraction of sp³-hybridized carbons (Fsp3) is 0.919. The zero-order valence-electron chi connectivity index (χ0n) is 46.2. The second kappa shape index (κ2) is 57.7. The number of carbonyl (C=O) groups excluding carboxylic acids is 3. The van der Waals surface area contributed by atoms with E-state index >= 15 is 0 Å². The second-order valence-electron chi connectivity index (χ2n) is 21.0. The predicted molar refractivity (Wildman–Crippen MR) is 293 cm³/mol. The van der Waals surface area contributed by atoms with Crippen molar-refractivity contribution < 1.29 is 28.6 Å². The van der Waals surface area contributed by atoms with Crippen LogP contribution in [0.4, 0.5) is 0 Å². The molecule has 0 aromatic heterocycles. The molecular weight excluding hydrogens is 841 g/mol. The first-order chi connectivity index (χ1) is 33.5. The highest BCUT2D eigenvalue weighted by molar-refractivity contribution is 5.71. The average Bonchev–Trinajstić information content (AvgIpc) is 3.34. The summed E-state index contributed by atoms with van der Waals surface area (Å²) >= 11 is 0. The lowest BCUT2D eigenvalue weighted by molar-refractivity contribution is -0.167. The van der Waals surface area contributed by atoms with Gasteiger partial charge in [-0.1, -0.05) is 296 Å². The molecule has 0 aliphatic rings. The molecule has 0 aromatic rings. The van der Waals surface area contributed by atoms with Crippen LogP contribution >= 0.6 is 0 Å². The number of esters is 3. The third kappa shape index (κ3) is 55.1. The van der Waals surface area contributed by atoms with Crippen LogP contribution in [0.15, 0.2) is 12.2 Å². The highest BCUT2D eigenvalue weighted by Crippen LogP contribution is 2.18. The van der Waals surface area contributed by atoms with Gasteiger partial charge >= 0.3 is 17.9 Å². The van der Waals surface area contributed by atoms with E-state index in [1.54, 1.807) is 0 Å². The van der Waals surface area contributed by atoms with Gasteiger partial charge in [-0.2, -0.15) is 0 Å². The van der Waals surface area contributed by atoms with Crippen LogP contribution in [0.2, 0.25) is 0 Å². The minimum atomic E-state index is -0.768. The number of ether oxygens (including phenoxy) is 3. The average molecular weight is 960 g/mol. The Labute approximate surface area is 424 Å². The Hall–Kier alpha value is -1.85. The van der Waals surface area contributed by atoms with E-state index in [2.05, 4.69) is 32.9 Å². The van der Waals surface area contributed by atoms with Crippen molar-refractivity contribution in [1.29, 1.82) is 0 Å². The van der Waals surface area contributed by atoms with Crippen molar-refractivity contribution in [3.05, 3.63) is 12.2 Å².